The highest BCUT2D eigenvalue weighted by Gasteiger charge is 2.30. The number of amides is 4. The maximum Gasteiger partial charge on any atom is 0.326 e. The molecule has 0 rings (SSSR count). The van der Waals surface area contributed by atoms with Crippen LogP contribution >= 0.6 is 11.8 Å². The molecule has 0 aromatic rings. The first-order chi connectivity index (χ1) is 15.6. The summed E-state index contributed by atoms with van der Waals surface area (Å²) in [6.07, 6.45) is 2.98. The van der Waals surface area contributed by atoms with E-state index in [-0.39, 0.29) is 19.3 Å². The van der Waals surface area contributed by atoms with E-state index >= 15 is 0 Å². The number of carboxylic acids is 1. The van der Waals surface area contributed by atoms with E-state index in [1.807, 2.05) is 6.26 Å². The minimum absolute atomic E-state index is 0.121. The van der Waals surface area contributed by atoms with Crippen LogP contribution in [0.2, 0.25) is 0 Å². The van der Waals surface area contributed by atoms with Gasteiger partial charge in [0.25, 0.3) is 0 Å². The molecule has 0 aliphatic carbocycles. The summed E-state index contributed by atoms with van der Waals surface area (Å²) < 4.78 is 0. The minimum Gasteiger partial charge on any atom is -0.480 e. The van der Waals surface area contributed by atoms with Crippen molar-refractivity contribution >= 4 is 41.4 Å². The van der Waals surface area contributed by atoms with Gasteiger partial charge < -0.3 is 43.4 Å². The molecule has 0 saturated carbocycles. The lowest BCUT2D eigenvalue weighted by molar-refractivity contribution is -0.142. The van der Waals surface area contributed by atoms with Crippen molar-refractivity contribution in [2.75, 3.05) is 25.2 Å². The van der Waals surface area contributed by atoms with Crippen LogP contribution in [0.15, 0.2) is 0 Å². The number of aliphatic hydroxyl groups is 1. The molecule has 4 amide bonds. The highest BCUT2D eigenvalue weighted by Crippen LogP contribution is 2.04. The number of unbranched alkanes of at least 4 members (excludes halogenated alkanes) is 1. The van der Waals surface area contributed by atoms with Crippen molar-refractivity contribution in [3.63, 3.8) is 0 Å². The minimum atomic E-state index is -1.48. The summed E-state index contributed by atoms with van der Waals surface area (Å²) in [5.74, 6) is -3.74. The van der Waals surface area contributed by atoms with E-state index in [0.29, 0.717) is 31.6 Å². The molecule has 0 radical (unpaired) electrons. The zero-order chi connectivity index (χ0) is 25.4. The van der Waals surface area contributed by atoms with Gasteiger partial charge in [-0.15, -0.1) is 0 Å². The van der Waals surface area contributed by atoms with Gasteiger partial charge in [-0.05, 0) is 50.7 Å². The van der Waals surface area contributed by atoms with Crippen LogP contribution in [-0.4, -0.2) is 89.1 Å². The van der Waals surface area contributed by atoms with Gasteiger partial charge in [-0.2, -0.15) is 11.8 Å². The summed E-state index contributed by atoms with van der Waals surface area (Å²) in [6.45, 7) is -0.453. The van der Waals surface area contributed by atoms with Crippen LogP contribution in [0.4, 0.5) is 0 Å². The summed E-state index contributed by atoms with van der Waals surface area (Å²) in [7, 11) is 0. The molecule has 190 valence electrons. The van der Waals surface area contributed by atoms with Crippen molar-refractivity contribution in [3.8, 4) is 0 Å². The monoisotopic (exact) mass is 492 g/mol. The average Bonchev–Trinajstić information content (AvgIpc) is 2.76. The van der Waals surface area contributed by atoms with Crippen molar-refractivity contribution in [1.29, 1.82) is 0 Å². The average molecular weight is 493 g/mol. The molecule has 14 heteroatoms. The highest BCUT2D eigenvalue weighted by atomic mass is 32.2. The van der Waals surface area contributed by atoms with E-state index in [2.05, 4.69) is 16.0 Å². The lowest BCUT2D eigenvalue weighted by Crippen LogP contribution is -2.58. The Bertz CT molecular complexity index is 667. The third-order valence-corrected chi connectivity index (χ3v) is 5.30. The molecule has 0 heterocycles. The number of hydrogen-bond donors (Lipinski definition) is 8. The smallest absolute Gasteiger partial charge is 0.326 e. The fraction of sp³-hybridized carbons (Fsp3) is 0.737. The number of nitrogens with two attached hydrogens (primary N) is 3. The predicted molar refractivity (Wildman–Crippen MR) is 123 cm³/mol. The lowest BCUT2D eigenvalue weighted by Gasteiger charge is -2.24. The molecule has 4 atom stereocenters. The van der Waals surface area contributed by atoms with Crippen molar-refractivity contribution in [2.24, 2.45) is 17.2 Å². The molecule has 0 aromatic carbocycles. The zero-order valence-electron chi connectivity index (χ0n) is 18.7. The second kappa shape index (κ2) is 17.1. The third-order valence-electron chi connectivity index (χ3n) is 4.66. The molecule has 13 nitrogen and oxygen atoms in total. The molecule has 0 bridgehead atoms. The fourth-order valence-corrected chi connectivity index (χ4v) is 3.19. The first-order valence-electron chi connectivity index (χ1n) is 10.5. The van der Waals surface area contributed by atoms with Crippen LogP contribution in [0.5, 0.6) is 0 Å². The van der Waals surface area contributed by atoms with Crippen molar-refractivity contribution in [2.45, 2.75) is 62.7 Å². The second-order valence-corrected chi connectivity index (χ2v) is 8.37. The van der Waals surface area contributed by atoms with Crippen molar-refractivity contribution < 1.29 is 34.2 Å². The topological polar surface area (TPSA) is 240 Å². The van der Waals surface area contributed by atoms with Crippen molar-refractivity contribution in [1.82, 2.24) is 16.0 Å². The van der Waals surface area contributed by atoms with Gasteiger partial charge in [0.1, 0.15) is 18.1 Å². The Morgan fingerprint density at radius 1 is 0.879 bits per heavy atom. The number of aliphatic hydroxyl groups excluding tert-OH is 1. The maximum absolute atomic E-state index is 12.7. The van der Waals surface area contributed by atoms with E-state index in [0.717, 1.165) is 0 Å². The van der Waals surface area contributed by atoms with Gasteiger partial charge in [-0.25, -0.2) is 4.79 Å². The Morgan fingerprint density at radius 3 is 1.97 bits per heavy atom. The molecular formula is C19H36N6O7S. The first-order valence-corrected chi connectivity index (χ1v) is 11.9. The molecule has 4 unspecified atom stereocenters. The number of carboxylic acid groups (broad SMARTS) is 1. The van der Waals surface area contributed by atoms with Crippen LogP contribution in [0.3, 0.4) is 0 Å². The van der Waals surface area contributed by atoms with E-state index in [1.54, 1.807) is 0 Å². The summed E-state index contributed by atoms with van der Waals surface area (Å²) >= 11 is 1.49. The number of rotatable bonds is 18. The number of primary amides is 1. The second-order valence-electron chi connectivity index (χ2n) is 7.38. The molecule has 0 spiro atoms. The summed E-state index contributed by atoms with van der Waals surface area (Å²) in [5, 5.41) is 25.8. The molecule has 11 N–H and O–H groups in total. The van der Waals surface area contributed by atoms with Gasteiger partial charge in [-0.1, -0.05) is 0 Å². The van der Waals surface area contributed by atoms with Crippen LogP contribution in [0.25, 0.3) is 0 Å². The van der Waals surface area contributed by atoms with Gasteiger partial charge in [0.05, 0.1) is 12.6 Å². The third kappa shape index (κ3) is 13.0. The normalized spacial score (nSPS) is 14.4. The van der Waals surface area contributed by atoms with Crippen LogP contribution in [0, 0.1) is 0 Å². The standard InChI is InChI=1S/C19H36N6O7S/c1-33-9-7-11(21)16(28)23-12(5-6-15(22)27)17(29)25-14(10-26)18(30)24-13(19(31)32)4-2-3-8-20/h11-14,26H,2-10,20-21H2,1H3,(H2,22,27)(H,23,28)(H,24,30)(H,25,29)(H,31,32). The Hall–Kier alpha value is -2.42. The quantitative estimate of drug-likeness (QED) is 0.0901. The van der Waals surface area contributed by atoms with Gasteiger partial charge in [0.15, 0.2) is 0 Å². The van der Waals surface area contributed by atoms with E-state index < -0.39 is 60.4 Å². The Morgan fingerprint density at radius 2 is 1.45 bits per heavy atom. The number of aliphatic carboxylic acids is 1. The largest absolute Gasteiger partial charge is 0.480 e. The fourth-order valence-electron chi connectivity index (χ4n) is 2.70. The molecular weight excluding hydrogens is 456 g/mol. The molecule has 0 saturated heterocycles. The predicted octanol–water partition coefficient (Wildman–Crippen LogP) is -3.01. The molecule has 33 heavy (non-hydrogen) atoms. The van der Waals surface area contributed by atoms with Gasteiger partial charge in [-0.3, -0.25) is 19.2 Å². The number of hydrogen-bond acceptors (Lipinski definition) is 9. The number of carbonyl (C=O) groups excluding carboxylic acids is 4. The molecule has 0 aromatic heterocycles. The van der Waals surface area contributed by atoms with Gasteiger partial charge in [0.2, 0.25) is 23.6 Å². The van der Waals surface area contributed by atoms with Crippen molar-refractivity contribution in [3.05, 3.63) is 0 Å². The Kier molecular flexibility index (Phi) is 15.9. The number of nitrogens with one attached hydrogen (secondary N) is 3. The molecule has 0 aliphatic rings. The van der Waals surface area contributed by atoms with Crippen LogP contribution in [0.1, 0.15) is 38.5 Å². The Balaban J connectivity index is 5.20. The van der Waals surface area contributed by atoms with Crippen LogP contribution in [-0.2, 0) is 24.0 Å². The SMILES string of the molecule is CSCCC(N)C(=O)NC(CCC(N)=O)C(=O)NC(CO)C(=O)NC(CCCCN)C(=O)O. The summed E-state index contributed by atoms with van der Waals surface area (Å²) in [5.41, 5.74) is 16.3. The molecule has 0 fully saturated rings. The lowest BCUT2D eigenvalue weighted by atomic mass is 10.1. The van der Waals surface area contributed by atoms with E-state index in [9.17, 15) is 34.2 Å². The van der Waals surface area contributed by atoms with Gasteiger partial charge >= 0.3 is 5.97 Å². The summed E-state index contributed by atoms with van der Waals surface area (Å²) in [6, 6.07) is -4.84. The highest BCUT2D eigenvalue weighted by molar-refractivity contribution is 7.98. The molecule has 0 aliphatic heterocycles. The number of thioether (sulfide) groups is 1. The van der Waals surface area contributed by atoms with E-state index in [1.165, 1.54) is 11.8 Å². The first kappa shape index (κ1) is 30.6. The van der Waals surface area contributed by atoms with Crippen LogP contribution < -0.4 is 33.2 Å². The van der Waals surface area contributed by atoms with Gasteiger partial charge in [0, 0.05) is 6.42 Å². The Labute approximate surface area is 196 Å². The summed E-state index contributed by atoms with van der Waals surface area (Å²) in [4.78, 5) is 60.0. The maximum atomic E-state index is 12.7. The van der Waals surface area contributed by atoms with E-state index in [4.69, 9.17) is 17.2 Å². The number of carbonyl (C=O) groups is 5. The zero-order valence-corrected chi connectivity index (χ0v) is 19.6.